The van der Waals surface area contributed by atoms with E-state index >= 15 is 0 Å². The van der Waals surface area contributed by atoms with E-state index in [-0.39, 0.29) is 6.10 Å². The molecule has 2 aromatic rings. The zero-order chi connectivity index (χ0) is 14.7. The van der Waals surface area contributed by atoms with Crippen LogP contribution in [-0.2, 0) is 4.74 Å². The lowest BCUT2D eigenvalue weighted by Crippen LogP contribution is -2.34. The van der Waals surface area contributed by atoms with Gasteiger partial charge in [-0.2, -0.15) is 0 Å². The summed E-state index contributed by atoms with van der Waals surface area (Å²) in [7, 11) is 0. The Kier molecular flexibility index (Phi) is 4.27. The van der Waals surface area contributed by atoms with Crippen LogP contribution in [-0.4, -0.2) is 19.7 Å². The topological polar surface area (TPSA) is 21.3 Å². The molecule has 1 unspecified atom stereocenters. The molecule has 1 N–H and O–H groups in total. The third-order valence-corrected chi connectivity index (χ3v) is 5.07. The molecule has 1 aliphatic rings. The van der Waals surface area contributed by atoms with Crippen LogP contribution in [0.25, 0.3) is 10.8 Å². The van der Waals surface area contributed by atoms with Gasteiger partial charge in [0.1, 0.15) is 0 Å². The fraction of sp³-hybridized carbons (Fsp3) is 0.474. The van der Waals surface area contributed by atoms with Crippen LogP contribution < -0.4 is 5.32 Å². The summed E-state index contributed by atoms with van der Waals surface area (Å²) in [6.07, 6.45) is 2.50. The second-order valence-corrected chi connectivity index (χ2v) is 6.24. The maximum atomic E-state index is 6.27. The highest BCUT2D eigenvalue weighted by Gasteiger charge is 2.31. The van der Waals surface area contributed by atoms with Crippen molar-refractivity contribution < 1.29 is 4.74 Å². The molecule has 1 heterocycles. The number of ether oxygens (including phenoxy) is 1. The number of rotatable bonds is 3. The highest BCUT2D eigenvalue weighted by atomic mass is 16.5. The Bertz CT molecular complexity index is 603. The van der Waals surface area contributed by atoms with Gasteiger partial charge in [-0.3, -0.25) is 0 Å². The van der Waals surface area contributed by atoms with Crippen molar-refractivity contribution in [2.75, 3.05) is 19.7 Å². The van der Waals surface area contributed by atoms with Crippen LogP contribution >= 0.6 is 0 Å². The molecule has 1 aliphatic heterocycles. The van der Waals surface area contributed by atoms with Crippen LogP contribution in [0.4, 0.5) is 0 Å². The third kappa shape index (κ3) is 2.97. The monoisotopic (exact) mass is 283 g/mol. The number of hydrogen-bond acceptors (Lipinski definition) is 2. The molecule has 1 saturated heterocycles. The first-order valence-corrected chi connectivity index (χ1v) is 8.07. The van der Waals surface area contributed by atoms with Crippen molar-refractivity contribution in [3.05, 3.63) is 48.0 Å². The molecule has 0 bridgehead atoms. The molecular formula is C19H25NO. The number of benzene rings is 2. The molecule has 21 heavy (non-hydrogen) atoms. The van der Waals surface area contributed by atoms with E-state index in [0.717, 1.165) is 19.7 Å². The molecular weight excluding hydrogens is 258 g/mol. The van der Waals surface area contributed by atoms with Gasteiger partial charge < -0.3 is 10.1 Å². The average molecular weight is 283 g/mol. The fourth-order valence-electron chi connectivity index (χ4n) is 3.18. The molecule has 0 saturated carbocycles. The van der Waals surface area contributed by atoms with Crippen LogP contribution in [0.5, 0.6) is 0 Å². The largest absolute Gasteiger partial charge is 0.372 e. The van der Waals surface area contributed by atoms with E-state index in [1.54, 1.807) is 0 Å². The maximum absolute atomic E-state index is 6.27. The van der Waals surface area contributed by atoms with Gasteiger partial charge in [-0.15, -0.1) is 0 Å². The van der Waals surface area contributed by atoms with Crippen molar-refractivity contribution in [3.63, 3.8) is 0 Å². The lowest BCUT2D eigenvalue weighted by atomic mass is 9.83. The van der Waals surface area contributed by atoms with E-state index in [0.29, 0.717) is 5.41 Å². The lowest BCUT2D eigenvalue weighted by molar-refractivity contribution is 0.0103. The molecule has 112 valence electrons. The molecule has 0 aliphatic carbocycles. The van der Waals surface area contributed by atoms with E-state index in [2.05, 4.69) is 61.6 Å². The summed E-state index contributed by atoms with van der Waals surface area (Å²) in [6.45, 7) is 7.35. The highest BCUT2D eigenvalue weighted by molar-refractivity contribution is 5.83. The minimum absolute atomic E-state index is 0.162. The molecule has 2 heteroatoms. The van der Waals surface area contributed by atoms with Gasteiger partial charge in [0.25, 0.3) is 0 Å². The predicted octanol–water partition coefficient (Wildman–Crippen LogP) is 4.31. The van der Waals surface area contributed by atoms with Gasteiger partial charge in [0.15, 0.2) is 0 Å². The van der Waals surface area contributed by atoms with Crippen molar-refractivity contribution in [1.82, 2.24) is 5.32 Å². The van der Waals surface area contributed by atoms with Gasteiger partial charge in [-0.05, 0) is 35.2 Å². The Morgan fingerprint density at radius 1 is 1.10 bits per heavy atom. The molecule has 1 fully saturated rings. The quantitative estimate of drug-likeness (QED) is 0.906. The first kappa shape index (κ1) is 14.6. The van der Waals surface area contributed by atoms with Crippen LogP contribution in [0.1, 0.15) is 38.4 Å². The Hall–Kier alpha value is -1.38. The minimum Gasteiger partial charge on any atom is -0.372 e. The van der Waals surface area contributed by atoms with Gasteiger partial charge in [-0.1, -0.05) is 50.2 Å². The van der Waals surface area contributed by atoms with Gasteiger partial charge in [0.05, 0.1) is 12.7 Å². The number of nitrogens with one attached hydrogen (secondary N) is 1. The van der Waals surface area contributed by atoms with Gasteiger partial charge in [-0.25, -0.2) is 0 Å². The molecule has 1 atom stereocenters. The Labute approximate surface area is 127 Å². The zero-order valence-corrected chi connectivity index (χ0v) is 13.1. The van der Waals surface area contributed by atoms with Crippen molar-refractivity contribution in [3.8, 4) is 0 Å². The van der Waals surface area contributed by atoms with Gasteiger partial charge >= 0.3 is 0 Å². The second-order valence-electron chi connectivity index (χ2n) is 6.24. The minimum atomic E-state index is 0.162. The number of hydrogen-bond donors (Lipinski definition) is 1. The van der Waals surface area contributed by atoms with Crippen molar-refractivity contribution in [1.29, 1.82) is 0 Å². The molecule has 3 rings (SSSR count). The van der Waals surface area contributed by atoms with E-state index < -0.39 is 0 Å². The Balaban J connectivity index is 1.82. The zero-order valence-electron chi connectivity index (χ0n) is 13.1. The third-order valence-electron chi connectivity index (χ3n) is 5.07. The Morgan fingerprint density at radius 2 is 1.86 bits per heavy atom. The first-order valence-electron chi connectivity index (χ1n) is 8.07. The summed E-state index contributed by atoms with van der Waals surface area (Å²) in [4.78, 5) is 0. The molecule has 0 spiro atoms. The summed E-state index contributed by atoms with van der Waals surface area (Å²) < 4.78 is 6.27. The average Bonchev–Trinajstić information content (AvgIpc) is 2.77. The maximum Gasteiger partial charge on any atom is 0.0949 e. The summed E-state index contributed by atoms with van der Waals surface area (Å²) in [5.41, 5.74) is 1.58. The predicted molar refractivity (Wildman–Crippen MR) is 88.5 cm³/mol. The standard InChI is InChI=1S/C19H25NO/c1-3-19(4-2)13-20-12-18(21-14-19)17-10-9-15-7-5-6-8-16(15)11-17/h5-11,18,20H,3-4,12-14H2,1-2H3. The van der Waals surface area contributed by atoms with Crippen LogP contribution in [0.3, 0.4) is 0 Å². The Morgan fingerprint density at radius 3 is 2.62 bits per heavy atom. The molecule has 0 amide bonds. The molecule has 0 radical (unpaired) electrons. The van der Waals surface area contributed by atoms with Crippen LogP contribution in [0, 0.1) is 5.41 Å². The van der Waals surface area contributed by atoms with Crippen LogP contribution in [0.2, 0.25) is 0 Å². The second kappa shape index (κ2) is 6.17. The number of fused-ring (bicyclic) bond motifs is 1. The van der Waals surface area contributed by atoms with Gasteiger partial charge in [0.2, 0.25) is 0 Å². The molecule has 2 nitrogen and oxygen atoms in total. The first-order chi connectivity index (χ1) is 10.3. The van der Waals surface area contributed by atoms with Crippen molar-refractivity contribution >= 4 is 10.8 Å². The van der Waals surface area contributed by atoms with E-state index in [1.807, 2.05) is 0 Å². The summed E-state index contributed by atoms with van der Waals surface area (Å²) in [6, 6.07) is 15.2. The smallest absolute Gasteiger partial charge is 0.0949 e. The molecule has 2 aromatic carbocycles. The lowest BCUT2D eigenvalue weighted by Gasteiger charge is -2.29. The summed E-state index contributed by atoms with van der Waals surface area (Å²) in [5.74, 6) is 0. The van der Waals surface area contributed by atoms with Crippen molar-refractivity contribution in [2.45, 2.75) is 32.8 Å². The normalized spacial score (nSPS) is 22.1. The fourth-order valence-corrected chi connectivity index (χ4v) is 3.18. The SMILES string of the molecule is CCC1(CC)CNCC(c2ccc3ccccc3c2)OC1. The van der Waals surface area contributed by atoms with Crippen molar-refractivity contribution in [2.24, 2.45) is 5.41 Å². The highest BCUT2D eigenvalue weighted by Crippen LogP contribution is 2.32. The van der Waals surface area contributed by atoms with Gasteiger partial charge in [0, 0.05) is 18.5 Å². The summed E-state index contributed by atoms with van der Waals surface area (Å²) >= 11 is 0. The van der Waals surface area contributed by atoms with E-state index in [1.165, 1.54) is 29.2 Å². The van der Waals surface area contributed by atoms with E-state index in [9.17, 15) is 0 Å². The van der Waals surface area contributed by atoms with Crippen LogP contribution in [0.15, 0.2) is 42.5 Å². The van der Waals surface area contributed by atoms with E-state index in [4.69, 9.17) is 4.74 Å². The summed E-state index contributed by atoms with van der Waals surface area (Å²) in [5, 5.41) is 6.19. The molecule has 0 aromatic heterocycles.